The van der Waals surface area contributed by atoms with Crippen LogP contribution in [-0.4, -0.2) is 20.3 Å². The Morgan fingerprint density at radius 2 is 1.82 bits per heavy atom. The zero-order valence-corrected chi connectivity index (χ0v) is 10.7. The van der Waals surface area contributed by atoms with Gasteiger partial charge in [0.25, 0.3) is 0 Å². The first kappa shape index (κ1) is 13.5. The highest BCUT2D eigenvalue weighted by atomic mass is 16.5. The zero-order valence-electron chi connectivity index (χ0n) is 10.7. The topological polar surface area (TPSA) is 42.2 Å². The summed E-state index contributed by atoms with van der Waals surface area (Å²) in [5.41, 5.74) is 0.554. The average Bonchev–Trinajstić information content (AvgIpc) is 2.35. The Bertz CT molecular complexity index is 376. The van der Waals surface area contributed by atoms with E-state index in [0.717, 1.165) is 17.7 Å². The lowest BCUT2D eigenvalue weighted by molar-refractivity contribution is 0.172. The van der Waals surface area contributed by atoms with Crippen molar-refractivity contribution in [3.63, 3.8) is 0 Å². The minimum atomic E-state index is -0.450. The minimum Gasteiger partial charge on any atom is -0.494 e. The lowest BCUT2D eigenvalue weighted by Gasteiger charge is -2.16. The van der Waals surface area contributed by atoms with Crippen LogP contribution in [0.1, 0.15) is 25.8 Å². The SMILES string of the molecule is COCCCOc1ccc(C(C)(C)C#N)cc1. The van der Waals surface area contributed by atoms with Crippen LogP contribution in [0.15, 0.2) is 24.3 Å². The number of ether oxygens (including phenoxy) is 2. The second-order valence-corrected chi connectivity index (χ2v) is 4.46. The Labute approximate surface area is 103 Å². The van der Waals surface area contributed by atoms with Crippen LogP contribution in [0.4, 0.5) is 0 Å². The van der Waals surface area contributed by atoms with Gasteiger partial charge in [0.15, 0.2) is 0 Å². The molecule has 0 heterocycles. The summed E-state index contributed by atoms with van der Waals surface area (Å²) in [6, 6.07) is 9.97. The first-order valence-corrected chi connectivity index (χ1v) is 5.73. The summed E-state index contributed by atoms with van der Waals surface area (Å²) in [7, 11) is 1.68. The molecule has 0 radical (unpaired) electrons. The Kier molecular flexibility index (Phi) is 4.99. The molecular weight excluding hydrogens is 214 g/mol. The molecule has 0 aromatic heterocycles. The van der Waals surface area contributed by atoms with E-state index < -0.39 is 5.41 Å². The minimum absolute atomic E-state index is 0.450. The maximum absolute atomic E-state index is 9.02. The molecule has 0 amide bonds. The maximum atomic E-state index is 9.02. The molecule has 3 nitrogen and oxygen atoms in total. The molecule has 0 bridgehead atoms. The number of nitriles is 1. The van der Waals surface area contributed by atoms with Gasteiger partial charge in [-0.1, -0.05) is 12.1 Å². The number of methoxy groups -OCH3 is 1. The lowest BCUT2D eigenvalue weighted by atomic mass is 9.86. The van der Waals surface area contributed by atoms with Crippen LogP contribution in [0.5, 0.6) is 5.75 Å². The largest absolute Gasteiger partial charge is 0.494 e. The Morgan fingerprint density at radius 3 is 2.35 bits per heavy atom. The molecular formula is C14H19NO2. The van der Waals surface area contributed by atoms with Crippen LogP contribution in [0.25, 0.3) is 0 Å². The highest BCUT2D eigenvalue weighted by molar-refractivity contribution is 5.35. The Morgan fingerprint density at radius 1 is 1.18 bits per heavy atom. The number of hydrogen-bond acceptors (Lipinski definition) is 3. The molecule has 92 valence electrons. The monoisotopic (exact) mass is 233 g/mol. The van der Waals surface area contributed by atoms with E-state index in [1.54, 1.807) is 7.11 Å². The average molecular weight is 233 g/mol. The molecule has 1 aromatic rings. The normalized spacial score (nSPS) is 10.9. The summed E-state index contributed by atoms with van der Waals surface area (Å²) in [6.45, 7) is 5.16. The second-order valence-electron chi connectivity index (χ2n) is 4.46. The van der Waals surface area contributed by atoms with E-state index in [9.17, 15) is 0 Å². The van der Waals surface area contributed by atoms with Gasteiger partial charge in [-0.15, -0.1) is 0 Å². The molecule has 1 aromatic carbocycles. The van der Waals surface area contributed by atoms with Crippen molar-refractivity contribution >= 4 is 0 Å². The van der Waals surface area contributed by atoms with Gasteiger partial charge in [-0.2, -0.15) is 5.26 Å². The molecule has 0 fully saturated rings. The highest BCUT2D eigenvalue weighted by Crippen LogP contribution is 2.24. The quantitative estimate of drug-likeness (QED) is 0.709. The van der Waals surface area contributed by atoms with Gasteiger partial charge in [-0.25, -0.2) is 0 Å². The molecule has 0 saturated heterocycles. The predicted octanol–water partition coefficient (Wildman–Crippen LogP) is 2.90. The van der Waals surface area contributed by atoms with E-state index >= 15 is 0 Å². The first-order valence-electron chi connectivity index (χ1n) is 5.73. The number of nitrogens with zero attached hydrogens (tertiary/aromatic N) is 1. The zero-order chi connectivity index (χ0) is 12.7. The van der Waals surface area contributed by atoms with E-state index in [4.69, 9.17) is 14.7 Å². The number of hydrogen-bond donors (Lipinski definition) is 0. The molecule has 0 atom stereocenters. The molecule has 1 rings (SSSR count). The molecule has 0 saturated carbocycles. The van der Waals surface area contributed by atoms with E-state index in [1.165, 1.54) is 0 Å². The third kappa shape index (κ3) is 4.08. The van der Waals surface area contributed by atoms with E-state index in [0.29, 0.717) is 13.2 Å². The molecule has 0 N–H and O–H groups in total. The van der Waals surface area contributed by atoms with Crippen LogP contribution in [0.2, 0.25) is 0 Å². The molecule has 0 unspecified atom stereocenters. The Hall–Kier alpha value is -1.53. The number of benzene rings is 1. The van der Waals surface area contributed by atoms with Crippen molar-refractivity contribution in [2.24, 2.45) is 0 Å². The number of rotatable bonds is 6. The fraction of sp³-hybridized carbons (Fsp3) is 0.500. The van der Waals surface area contributed by atoms with E-state index in [-0.39, 0.29) is 0 Å². The van der Waals surface area contributed by atoms with Gasteiger partial charge < -0.3 is 9.47 Å². The van der Waals surface area contributed by atoms with Gasteiger partial charge in [-0.05, 0) is 31.5 Å². The lowest BCUT2D eigenvalue weighted by Crippen LogP contribution is -2.13. The first-order chi connectivity index (χ1) is 8.10. The third-order valence-electron chi connectivity index (χ3n) is 2.62. The van der Waals surface area contributed by atoms with Crippen molar-refractivity contribution in [2.75, 3.05) is 20.3 Å². The van der Waals surface area contributed by atoms with Crippen LogP contribution < -0.4 is 4.74 Å². The fourth-order valence-electron chi connectivity index (χ4n) is 1.43. The van der Waals surface area contributed by atoms with Crippen molar-refractivity contribution in [3.05, 3.63) is 29.8 Å². The van der Waals surface area contributed by atoms with Gasteiger partial charge in [0.1, 0.15) is 5.75 Å². The van der Waals surface area contributed by atoms with Gasteiger partial charge in [0, 0.05) is 20.1 Å². The van der Waals surface area contributed by atoms with Gasteiger partial charge in [0.05, 0.1) is 18.1 Å². The van der Waals surface area contributed by atoms with Crippen molar-refractivity contribution in [2.45, 2.75) is 25.7 Å². The molecule has 0 aliphatic carbocycles. The molecule has 0 aliphatic heterocycles. The predicted molar refractivity (Wildman–Crippen MR) is 67.1 cm³/mol. The third-order valence-corrected chi connectivity index (χ3v) is 2.62. The van der Waals surface area contributed by atoms with Crippen LogP contribution in [0.3, 0.4) is 0 Å². The molecule has 0 aliphatic rings. The van der Waals surface area contributed by atoms with Crippen molar-refractivity contribution in [1.82, 2.24) is 0 Å². The summed E-state index contributed by atoms with van der Waals surface area (Å²) >= 11 is 0. The van der Waals surface area contributed by atoms with Gasteiger partial charge >= 0.3 is 0 Å². The van der Waals surface area contributed by atoms with Gasteiger partial charge in [-0.3, -0.25) is 0 Å². The van der Waals surface area contributed by atoms with Crippen LogP contribution in [-0.2, 0) is 10.2 Å². The summed E-state index contributed by atoms with van der Waals surface area (Å²) < 4.78 is 10.5. The van der Waals surface area contributed by atoms with Crippen molar-refractivity contribution in [1.29, 1.82) is 5.26 Å². The molecule has 17 heavy (non-hydrogen) atoms. The van der Waals surface area contributed by atoms with Crippen molar-refractivity contribution < 1.29 is 9.47 Å². The highest BCUT2D eigenvalue weighted by Gasteiger charge is 2.19. The smallest absolute Gasteiger partial charge is 0.119 e. The summed E-state index contributed by atoms with van der Waals surface area (Å²) in [5, 5.41) is 9.02. The molecule has 3 heteroatoms. The molecule has 0 spiro atoms. The Balaban J connectivity index is 2.54. The maximum Gasteiger partial charge on any atom is 0.119 e. The van der Waals surface area contributed by atoms with Crippen molar-refractivity contribution in [3.8, 4) is 11.8 Å². The summed E-state index contributed by atoms with van der Waals surface area (Å²) in [4.78, 5) is 0. The van der Waals surface area contributed by atoms with E-state index in [2.05, 4.69) is 6.07 Å². The van der Waals surface area contributed by atoms with Crippen LogP contribution in [0, 0.1) is 11.3 Å². The summed E-state index contributed by atoms with van der Waals surface area (Å²) in [6.07, 6.45) is 0.877. The summed E-state index contributed by atoms with van der Waals surface area (Å²) in [5.74, 6) is 0.832. The fourth-order valence-corrected chi connectivity index (χ4v) is 1.43. The van der Waals surface area contributed by atoms with Crippen LogP contribution >= 0.6 is 0 Å². The second kappa shape index (κ2) is 6.27. The van der Waals surface area contributed by atoms with Gasteiger partial charge in [0.2, 0.25) is 0 Å². The van der Waals surface area contributed by atoms with E-state index in [1.807, 2.05) is 38.1 Å². The standard InChI is InChI=1S/C14H19NO2/c1-14(2,11-15)12-5-7-13(8-6-12)17-10-4-9-16-3/h5-8H,4,9-10H2,1-3H3.